The van der Waals surface area contributed by atoms with Crippen LogP contribution in [0.5, 0.6) is 0 Å². The van der Waals surface area contributed by atoms with Gasteiger partial charge in [-0.25, -0.2) is 9.59 Å². The quantitative estimate of drug-likeness (QED) is 0.125. The van der Waals surface area contributed by atoms with E-state index in [2.05, 4.69) is 29.2 Å². The fraction of sp³-hybridized carbons (Fsp3) is 0.333. The zero-order chi connectivity index (χ0) is 32.9. The van der Waals surface area contributed by atoms with E-state index in [0.717, 1.165) is 13.0 Å². The molecule has 0 fully saturated rings. The number of hydrogen-bond donors (Lipinski definition) is 1. The topological polar surface area (TPSA) is 113 Å². The first-order valence-corrected chi connectivity index (χ1v) is 15.0. The summed E-state index contributed by atoms with van der Waals surface area (Å²) in [5.41, 5.74) is 2.76. The van der Waals surface area contributed by atoms with Gasteiger partial charge in [0.25, 0.3) is 5.69 Å². The molecule has 1 unspecified atom stereocenters. The molecule has 0 bridgehead atoms. The highest BCUT2D eigenvalue weighted by Gasteiger charge is 2.41. The minimum Gasteiger partial charge on any atom is -0.478 e. The number of nitro groups is 1. The maximum Gasteiger partial charge on any atom is 0.337 e. The Morgan fingerprint density at radius 1 is 0.957 bits per heavy atom. The van der Waals surface area contributed by atoms with Gasteiger partial charge in [0.2, 0.25) is 0 Å². The Kier molecular flexibility index (Phi) is 11.9. The highest BCUT2D eigenvalue weighted by Crippen LogP contribution is 2.43. The average molecular weight is 648 g/mol. The number of carboxylic acids is 1. The van der Waals surface area contributed by atoms with Crippen molar-refractivity contribution in [2.45, 2.75) is 51.6 Å². The Labute approximate surface area is 276 Å². The smallest absolute Gasteiger partial charge is 0.337 e. The van der Waals surface area contributed by atoms with Gasteiger partial charge in [-0.05, 0) is 64.4 Å². The molecule has 1 aliphatic heterocycles. The van der Waals surface area contributed by atoms with Gasteiger partial charge >= 0.3 is 11.9 Å². The molecule has 0 saturated heterocycles. The third-order valence-electron chi connectivity index (χ3n) is 8.45. The summed E-state index contributed by atoms with van der Waals surface area (Å²) in [6.07, 6.45) is 0.852. The molecule has 0 aromatic heterocycles. The number of carbonyl (C=O) groups is 2. The molecule has 244 valence electrons. The summed E-state index contributed by atoms with van der Waals surface area (Å²) in [6, 6.07) is 26.5. The van der Waals surface area contributed by atoms with Crippen molar-refractivity contribution >= 4 is 30.0 Å². The van der Waals surface area contributed by atoms with Crippen LogP contribution in [0.25, 0.3) is 0 Å². The van der Waals surface area contributed by atoms with Gasteiger partial charge in [0.1, 0.15) is 5.60 Å². The number of benzene rings is 3. The molecular weight excluding hydrogens is 606 g/mol. The summed E-state index contributed by atoms with van der Waals surface area (Å²) in [6.45, 7) is 8.22. The van der Waals surface area contributed by atoms with E-state index >= 15 is 0 Å². The van der Waals surface area contributed by atoms with Crippen molar-refractivity contribution < 1.29 is 24.4 Å². The number of non-ortho nitro benzene ring substituents is 1. The summed E-state index contributed by atoms with van der Waals surface area (Å²) in [4.78, 5) is 41.3. The maximum absolute atomic E-state index is 14.0. The lowest BCUT2D eigenvalue weighted by Crippen LogP contribution is -2.42. The minimum atomic E-state index is -1.21. The molecule has 0 spiro atoms. The van der Waals surface area contributed by atoms with E-state index in [4.69, 9.17) is 4.74 Å². The number of nitro benzene ring substituents is 1. The Hall–Kier alpha value is -4.47. The molecule has 10 heteroatoms. The molecule has 1 aliphatic rings. The molecule has 1 heterocycles. The Balaban J connectivity index is 0.00000576. The third-order valence-corrected chi connectivity index (χ3v) is 8.45. The van der Waals surface area contributed by atoms with E-state index in [1.807, 2.05) is 57.3 Å². The first kappa shape index (κ1) is 36.0. The van der Waals surface area contributed by atoms with Gasteiger partial charge in [0, 0.05) is 43.0 Å². The second-order valence-electron chi connectivity index (χ2n) is 12.2. The van der Waals surface area contributed by atoms with Gasteiger partial charge in [-0.2, -0.15) is 0 Å². The summed E-state index contributed by atoms with van der Waals surface area (Å²) in [5, 5.41) is 21.8. The maximum atomic E-state index is 14.0. The van der Waals surface area contributed by atoms with Gasteiger partial charge in [-0.1, -0.05) is 72.8 Å². The van der Waals surface area contributed by atoms with Crippen molar-refractivity contribution in [3.63, 3.8) is 0 Å². The molecule has 1 atom stereocenters. The van der Waals surface area contributed by atoms with Crippen molar-refractivity contribution in [3.05, 3.63) is 134 Å². The number of halogens is 1. The first-order valence-electron chi connectivity index (χ1n) is 15.0. The van der Waals surface area contributed by atoms with Crippen LogP contribution < -0.4 is 0 Å². The fourth-order valence-electron chi connectivity index (χ4n) is 6.18. The number of hydrogen-bond acceptors (Lipinski definition) is 7. The molecule has 3 aromatic rings. The summed E-state index contributed by atoms with van der Waals surface area (Å²) in [5.74, 6) is -2.71. The number of ether oxygens (including phenoxy) is 1. The van der Waals surface area contributed by atoms with E-state index in [9.17, 15) is 24.8 Å². The number of likely N-dealkylation sites (N-methyl/N-ethyl adjacent to an activating group) is 1. The minimum absolute atomic E-state index is 0. The van der Waals surface area contributed by atoms with Gasteiger partial charge in [-0.3, -0.25) is 10.1 Å². The van der Waals surface area contributed by atoms with E-state index in [-0.39, 0.29) is 35.2 Å². The van der Waals surface area contributed by atoms with Gasteiger partial charge in [-0.15, -0.1) is 12.4 Å². The Morgan fingerprint density at radius 3 is 2.02 bits per heavy atom. The summed E-state index contributed by atoms with van der Waals surface area (Å²) >= 11 is 0. The number of nitrogens with zero attached hydrogens (tertiary/aromatic N) is 3. The highest BCUT2D eigenvalue weighted by atomic mass is 35.5. The van der Waals surface area contributed by atoms with Crippen LogP contribution in [0, 0.1) is 10.1 Å². The molecule has 0 radical (unpaired) electrons. The summed E-state index contributed by atoms with van der Waals surface area (Å²) < 4.78 is 6.12. The van der Waals surface area contributed by atoms with Gasteiger partial charge < -0.3 is 19.6 Å². The van der Waals surface area contributed by atoms with Crippen molar-refractivity contribution in [3.8, 4) is 0 Å². The number of carboxylic acid groups (broad SMARTS) is 1. The van der Waals surface area contributed by atoms with Crippen molar-refractivity contribution in [2.75, 3.05) is 27.2 Å². The van der Waals surface area contributed by atoms with Crippen molar-refractivity contribution in [1.29, 1.82) is 0 Å². The summed E-state index contributed by atoms with van der Waals surface area (Å²) in [7, 11) is 3.68. The lowest BCUT2D eigenvalue weighted by molar-refractivity contribution is -0.384. The number of carbonyl (C=O) groups excluding carboxylic acids is 1. The monoisotopic (exact) mass is 647 g/mol. The van der Waals surface area contributed by atoms with Crippen LogP contribution in [0.3, 0.4) is 0 Å². The van der Waals surface area contributed by atoms with E-state index < -0.39 is 28.4 Å². The van der Waals surface area contributed by atoms with Crippen LogP contribution in [0.2, 0.25) is 0 Å². The lowest BCUT2D eigenvalue weighted by atomic mass is 9.79. The van der Waals surface area contributed by atoms with E-state index in [1.165, 1.54) is 29.3 Å². The van der Waals surface area contributed by atoms with Crippen LogP contribution in [-0.4, -0.2) is 64.6 Å². The molecule has 46 heavy (non-hydrogen) atoms. The SMILES string of the molecule is CC1=C(C(=O)O)C(c2cccc([N+](=O)[O-])c2)C(C(=O)OC(C)(C)CN(C)CCC(c2ccccc2)c2ccccc2)=C(C)N1C.Cl. The van der Waals surface area contributed by atoms with E-state index in [0.29, 0.717) is 23.5 Å². The molecule has 0 saturated carbocycles. The zero-order valence-corrected chi connectivity index (χ0v) is 27.9. The number of allylic oxidation sites excluding steroid dienone is 2. The largest absolute Gasteiger partial charge is 0.478 e. The second-order valence-corrected chi connectivity index (χ2v) is 12.2. The number of rotatable bonds is 12. The molecule has 1 N–H and O–H groups in total. The second kappa shape index (κ2) is 15.2. The molecular formula is C36H42ClN3O6. The molecule has 0 aliphatic carbocycles. The van der Waals surface area contributed by atoms with E-state index in [1.54, 1.807) is 31.9 Å². The highest BCUT2D eigenvalue weighted by molar-refractivity contribution is 5.99. The third kappa shape index (κ3) is 8.21. The van der Waals surface area contributed by atoms with Crippen LogP contribution in [0.1, 0.15) is 62.6 Å². The number of esters is 1. The van der Waals surface area contributed by atoms with Crippen LogP contribution in [0.15, 0.2) is 107 Å². The number of aliphatic carboxylic acids is 1. The predicted octanol–water partition coefficient (Wildman–Crippen LogP) is 7.15. The predicted molar refractivity (Wildman–Crippen MR) is 181 cm³/mol. The van der Waals surface area contributed by atoms with Gasteiger partial charge in [0.05, 0.1) is 22.0 Å². The Bertz CT molecular complexity index is 1580. The van der Waals surface area contributed by atoms with Crippen LogP contribution in [0.4, 0.5) is 5.69 Å². The van der Waals surface area contributed by atoms with Crippen LogP contribution >= 0.6 is 12.4 Å². The Morgan fingerprint density at radius 2 is 1.50 bits per heavy atom. The zero-order valence-electron chi connectivity index (χ0n) is 27.1. The molecule has 4 rings (SSSR count). The standard InChI is InChI=1S/C36H41N3O6.ClH/c1-24-31(34(40)41)33(28-18-13-19-29(22-28)39(43)44)32(25(2)38(24)6)35(42)45-36(3,4)23-37(5)21-20-30(26-14-9-7-10-15-26)27-16-11-8-12-17-27;/h7-19,22,30,33H,20-21,23H2,1-6H3,(H,40,41);1H. The molecule has 9 nitrogen and oxygen atoms in total. The lowest BCUT2D eigenvalue weighted by Gasteiger charge is -2.37. The van der Waals surface area contributed by atoms with Crippen LogP contribution in [-0.2, 0) is 14.3 Å². The molecule has 0 amide bonds. The normalized spacial score (nSPS) is 15.2. The van der Waals surface area contributed by atoms with Crippen molar-refractivity contribution in [2.24, 2.45) is 0 Å². The van der Waals surface area contributed by atoms with Gasteiger partial charge in [0.15, 0.2) is 0 Å². The molecule has 3 aromatic carbocycles. The first-order chi connectivity index (χ1) is 21.3. The van der Waals surface area contributed by atoms with Crippen molar-refractivity contribution in [1.82, 2.24) is 9.80 Å². The average Bonchev–Trinajstić information content (AvgIpc) is 3.00. The fourth-order valence-corrected chi connectivity index (χ4v) is 6.18.